The molecule has 0 aliphatic carbocycles. The van der Waals surface area contributed by atoms with Crippen molar-refractivity contribution in [1.29, 1.82) is 0 Å². The maximum Gasteiger partial charge on any atom is 0.229 e. The van der Waals surface area contributed by atoms with Crippen molar-refractivity contribution in [2.45, 2.75) is 12.8 Å². The van der Waals surface area contributed by atoms with Crippen molar-refractivity contribution in [2.24, 2.45) is 5.92 Å². The number of aromatic nitrogens is 1. The smallest absolute Gasteiger partial charge is 0.229 e. The van der Waals surface area contributed by atoms with Crippen LogP contribution in [-0.2, 0) is 4.79 Å². The Morgan fingerprint density at radius 1 is 1.10 bits per heavy atom. The first-order valence-corrected chi connectivity index (χ1v) is 10.7. The molecular weight excluding hydrogens is 402 g/mol. The van der Waals surface area contributed by atoms with E-state index in [9.17, 15) is 4.79 Å². The highest BCUT2D eigenvalue weighted by Gasteiger charge is 2.28. The van der Waals surface area contributed by atoms with Crippen molar-refractivity contribution < 1.29 is 19.0 Å². The first-order chi connectivity index (χ1) is 14.6. The van der Waals surface area contributed by atoms with Gasteiger partial charge in [-0.1, -0.05) is 11.3 Å². The lowest BCUT2D eigenvalue weighted by Gasteiger charge is -2.31. The first-order valence-electron chi connectivity index (χ1n) is 9.83. The number of amides is 1. The fourth-order valence-corrected chi connectivity index (χ4v) is 4.69. The van der Waals surface area contributed by atoms with Gasteiger partial charge in [-0.05, 0) is 43.2 Å². The molecule has 1 fully saturated rings. The highest BCUT2D eigenvalue weighted by atomic mass is 32.1. The molecule has 1 saturated heterocycles. The van der Waals surface area contributed by atoms with Crippen LogP contribution in [0.5, 0.6) is 17.2 Å². The minimum atomic E-state index is -0.118. The van der Waals surface area contributed by atoms with E-state index in [2.05, 4.69) is 10.2 Å². The molecule has 0 radical (unpaired) electrons. The van der Waals surface area contributed by atoms with Crippen LogP contribution in [0.25, 0.3) is 10.2 Å². The molecule has 1 aliphatic heterocycles. The molecule has 2 aromatic carbocycles. The van der Waals surface area contributed by atoms with E-state index in [0.29, 0.717) is 23.7 Å². The zero-order valence-electron chi connectivity index (χ0n) is 17.3. The summed E-state index contributed by atoms with van der Waals surface area (Å²) in [6.45, 7) is 1.54. The number of ether oxygens (including phenoxy) is 3. The predicted molar refractivity (Wildman–Crippen MR) is 119 cm³/mol. The van der Waals surface area contributed by atoms with Gasteiger partial charge in [-0.3, -0.25) is 4.79 Å². The van der Waals surface area contributed by atoms with Gasteiger partial charge in [-0.15, -0.1) is 0 Å². The number of hydrogen-bond acceptors (Lipinski definition) is 7. The van der Waals surface area contributed by atoms with Crippen LogP contribution in [0.15, 0.2) is 36.4 Å². The van der Waals surface area contributed by atoms with Crippen molar-refractivity contribution in [2.75, 3.05) is 44.6 Å². The molecule has 30 heavy (non-hydrogen) atoms. The highest BCUT2D eigenvalue weighted by molar-refractivity contribution is 7.22. The van der Waals surface area contributed by atoms with Gasteiger partial charge in [0, 0.05) is 19.2 Å². The summed E-state index contributed by atoms with van der Waals surface area (Å²) in [5.74, 6) is 1.96. The third-order valence-corrected chi connectivity index (χ3v) is 6.39. The largest absolute Gasteiger partial charge is 0.497 e. The zero-order chi connectivity index (χ0) is 21.1. The Kier molecular flexibility index (Phi) is 5.94. The van der Waals surface area contributed by atoms with E-state index in [4.69, 9.17) is 19.2 Å². The summed E-state index contributed by atoms with van der Waals surface area (Å²) in [5.41, 5.74) is 1.60. The molecule has 1 aromatic heterocycles. The Morgan fingerprint density at radius 2 is 1.87 bits per heavy atom. The van der Waals surface area contributed by atoms with Crippen molar-refractivity contribution in [3.63, 3.8) is 0 Å². The molecule has 0 bridgehead atoms. The molecule has 1 unspecified atom stereocenters. The van der Waals surface area contributed by atoms with Crippen molar-refractivity contribution in [3.05, 3.63) is 36.4 Å². The van der Waals surface area contributed by atoms with Gasteiger partial charge in [-0.25, -0.2) is 4.98 Å². The van der Waals surface area contributed by atoms with Gasteiger partial charge >= 0.3 is 0 Å². The van der Waals surface area contributed by atoms with Crippen molar-refractivity contribution in [3.8, 4) is 17.2 Å². The number of thiazole rings is 1. The molecule has 2 heterocycles. The number of nitrogens with one attached hydrogen (secondary N) is 1. The van der Waals surface area contributed by atoms with Gasteiger partial charge in [0.1, 0.15) is 17.2 Å². The second-order valence-corrected chi connectivity index (χ2v) is 8.18. The molecule has 0 spiro atoms. The maximum atomic E-state index is 13.0. The number of carbonyl (C=O) groups is 1. The van der Waals surface area contributed by atoms with Gasteiger partial charge in [0.25, 0.3) is 0 Å². The number of fused-ring (bicyclic) bond motifs is 1. The van der Waals surface area contributed by atoms with E-state index in [1.165, 1.54) is 0 Å². The lowest BCUT2D eigenvalue weighted by atomic mass is 9.97. The zero-order valence-corrected chi connectivity index (χ0v) is 18.1. The summed E-state index contributed by atoms with van der Waals surface area (Å²) >= 11 is 1.63. The molecule has 7 nitrogen and oxygen atoms in total. The Bertz CT molecular complexity index is 1050. The fraction of sp³-hybridized carbons (Fsp3) is 0.364. The lowest BCUT2D eigenvalue weighted by molar-refractivity contribution is -0.120. The van der Waals surface area contributed by atoms with Gasteiger partial charge in [0.15, 0.2) is 5.13 Å². The van der Waals surface area contributed by atoms with E-state index in [1.807, 2.05) is 18.2 Å². The molecule has 1 atom stereocenters. The Morgan fingerprint density at radius 3 is 2.63 bits per heavy atom. The van der Waals surface area contributed by atoms with Crippen molar-refractivity contribution in [1.82, 2.24) is 4.98 Å². The quantitative estimate of drug-likeness (QED) is 0.636. The summed E-state index contributed by atoms with van der Waals surface area (Å²) in [5, 5.41) is 3.96. The molecule has 1 amide bonds. The van der Waals surface area contributed by atoms with Gasteiger partial charge < -0.3 is 24.4 Å². The van der Waals surface area contributed by atoms with Crippen LogP contribution >= 0.6 is 11.3 Å². The average Bonchev–Trinajstić information content (AvgIpc) is 3.22. The second kappa shape index (κ2) is 8.79. The SMILES string of the molecule is COc1ccc(NC(=O)C2CCCN(c3nc4ccc(OC)cc4s3)C2)c(OC)c1. The molecule has 4 rings (SSSR count). The third kappa shape index (κ3) is 4.14. The summed E-state index contributed by atoms with van der Waals surface area (Å²) in [6, 6.07) is 11.3. The maximum absolute atomic E-state index is 13.0. The monoisotopic (exact) mass is 427 g/mol. The number of nitrogens with zero attached hydrogens (tertiary/aromatic N) is 2. The van der Waals surface area contributed by atoms with Gasteiger partial charge in [-0.2, -0.15) is 0 Å². The predicted octanol–water partition coefficient (Wildman–Crippen LogP) is 4.18. The van der Waals surface area contributed by atoms with Crippen LogP contribution in [0.1, 0.15) is 12.8 Å². The van der Waals surface area contributed by atoms with Gasteiger partial charge in [0.2, 0.25) is 5.91 Å². The minimum Gasteiger partial charge on any atom is -0.497 e. The number of methoxy groups -OCH3 is 3. The average molecular weight is 428 g/mol. The topological polar surface area (TPSA) is 72.9 Å². The molecule has 3 aromatic rings. The van der Waals surface area contributed by atoms with E-state index < -0.39 is 0 Å². The van der Waals surface area contributed by atoms with E-state index >= 15 is 0 Å². The van der Waals surface area contributed by atoms with Crippen LogP contribution in [0.2, 0.25) is 0 Å². The Hall–Kier alpha value is -3.00. The molecule has 8 heteroatoms. The highest BCUT2D eigenvalue weighted by Crippen LogP contribution is 2.34. The number of piperidine rings is 1. The normalized spacial score (nSPS) is 16.4. The number of hydrogen-bond donors (Lipinski definition) is 1. The minimum absolute atomic E-state index is 0.00838. The van der Waals surface area contributed by atoms with Gasteiger partial charge in [0.05, 0.1) is 43.2 Å². The number of benzene rings is 2. The van der Waals surface area contributed by atoms with Crippen LogP contribution in [0, 0.1) is 5.92 Å². The van der Waals surface area contributed by atoms with Crippen LogP contribution < -0.4 is 24.4 Å². The standard InChI is InChI=1S/C22H25N3O4S/c1-27-15-6-8-17(19(11-15)29-3)23-21(26)14-5-4-10-25(13-14)22-24-18-9-7-16(28-2)12-20(18)30-22/h6-9,11-12,14H,4-5,10,13H2,1-3H3,(H,23,26). The first kappa shape index (κ1) is 20.3. The molecule has 0 saturated carbocycles. The van der Waals surface area contributed by atoms with Crippen molar-refractivity contribution >= 4 is 38.3 Å². The fourth-order valence-electron chi connectivity index (χ4n) is 3.66. The molecule has 158 valence electrons. The summed E-state index contributed by atoms with van der Waals surface area (Å²) in [7, 11) is 4.84. The summed E-state index contributed by atoms with van der Waals surface area (Å²) in [4.78, 5) is 19.9. The van der Waals surface area contributed by atoms with Crippen LogP contribution in [0.4, 0.5) is 10.8 Å². The van der Waals surface area contributed by atoms with Crippen LogP contribution in [-0.4, -0.2) is 45.3 Å². The van der Waals surface area contributed by atoms with E-state index in [-0.39, 0.29) is 11.8 Å². The lowest BCUT2D eigenvalue weighted by Crippen LogP contribution is -2.40. The number of rotatable bonds is 6. The third-order valence-electron chi connectivity index (χ3n) is 5.31. The molecule has 1 N–H and O–H groups in total. The van der Waals surface area contributed by atoms with E-state index in [1.54, 1.807) is 50.9 Å². The summed E-state index contributed by atoms with van der Waals surface area (Å²) < 4.78 is 17.0. The number of anilines is 2. The van der Waals surface area contributed by atoms with Crippen LogP contribution in [0.3, 0.4) is 0 Å². The Labute approximate surface area is 179 Å². The summed E-state index contributed by atoms with van der Waals surface area (Å²) in [6.07, 6.45) is 1.79. The second-order valence-electron chi connectivity index (χ2n) is 7.17. The molecule has 1 aliphatic rings. The van der Waals surface area contributed by atoms with E-state index in [0.717, 1.165) is 40.5 Å². The molecular formula is C22H25N3O4S. The number of carbonyl (C=O) groups excluding carboxylic acids is 1. The Balaban J connectivity index is 1.48.